The number of carbonyl (C=O) groups excluding carboxylic acids is 1. The number of nitrogens with two attached hydrogens (primary N) is 2. The largest absolute Gasteiger partial charge is 0.404 e. The first-order chi connectivity index (χ1) is 12.9. The van der Waals surface area contributed by atoms with Gasteiger partial charge in [0.05, 0.1) is 5.41 Å². The van der Waals surface area contributed by atoms with Gasteiger partial charge in [0.25, 0.3) is 0 Å². The second-order valence-electron chi connectivity index (χ2n) is 6.61. The van der Waals surface area contributed by atoms with Crippen LogP contribution in [0.1, 0.15) is 35.3 Å². The van der Waals surface area contributed by atoms with E-state index in [-0.39, 0.29) is 11.7 Å². The van der Waals surface area contributed by atoms with E-state index < -0.39 is 5.41 Å². The molecule has 6 nitrogen and oxygen atoms in total. The number of nitrogens with one attached hydrogen (secondary N) is 1. The third-order valence-electron chi connectivity index (χ3n) is 4.80. The predicted octanol–water partition coefficient (Wildman–Crippen LogP) is 3.31. The summed E-state index contributed by atoms with van der Waals surface area (Å²) in [4.78, 5) is 22.3. The van der Waals surface area contributed by atoms with Crippen molar-refractivity contribution in [3.8, 4) is 0 Å². The van der Waals surface area contributed by atoms with Gasteiger partial charge in [-0.25, -0.2) is 9.98 Å². The highest BCUT2D eigenvalue weighted by Crippen LogP contribution is 2.45. The van der Waals surface area contributed by atoms with Crippen molar-refractivity contribution in [2.24, 2.45) is 16.5 Å². The van der Waals surface area contributed by atoms with E-state index in [1.54, 1.807) is 12.4 Å². The second kappa shape index (κ2) is 7.75. The van der Waals surface area contributed by atoms with Gasteiger partial charge in [-0.1, -0.05) is 37.3 Å². The quantitative estimate of drug-likeness (QED) is 0.667. The number of rotatable bonds is 6. The third kappa shape index (κ3) is 3.93. The molecule has 0 bridgehead atoms. The molecule has 0 unspecified atom stereocenters. The molecule has 0 aliphatic heterocycles. The molecule has 0 atom stereocenters. The minimum absolute atomic E-state index is 0.00596. The first kappa shape index (κ1) is 18.8. The van der Waals surface area contributed by atoms with Crippen LogP contribution in [0.2, 0.25) is 0 Å². The Hall–Kier alpha value is -2.93. The van der Waals surface area contributed by atoms with Crippen LogP contribution >= 0.6 is 11.3 Å². The van der Waals surface area contributed by atoms with Crippen LogP contribution in [0, 0.1) is 6.92 Å². The smallest absolute Gasteiger partial charge is 0.236 e. The van der Waals surface area contributed by atoms with Crippen LogP contribution in [0.25, 0.3) is 5.57 Å². The van der Waals surface area contributed by atoms with E-state index in [9.17, 15) is 4.79 Å². The SMILES string of the molecule is C=C(N)N=C/C(=C\N)c1ccc(C2(C(=O)Nc3ncc(C)s3)CCC2)cc1. The van der Waals surface area contributed by atoms with E-state index in [0.29, 0.717) is 5.13 Å². The van der Waals surface area contributed by atoms with Gasteiger partial charge < -0.3 is 16.8 Å². The number of anilines is 1. The summed E-state index contributed by atoms with van der Waals surface area (Å²) in [5.41, 5.74) is 13.3. The molecule has 1 aliphatic carbocycles. The number of aromatic nitrogens is 1. The molecule has 0 spiro atoms. The Morgan fingerprint density at radius 3 is 2.56 bits per heavy atom. The highest BCUT2D eigenvalue weighted by Gasteiger charge is 2.45. The Labute approximate surface area is 162 Å². The van der Waals surface area contributed by atoms with Gasteiger partial charge in [-0.2, -0.15) is 0 Å². The number of benzene rings is 1. The molecule has 7 heteroatoms. The maximum Gasteiger partial charge on any atom is 0.236 e. The first-order valence-electron chi connectivity index (χ1n) is 8.70. The molecule has 2 aromatic rings. The van der Waals surface area contributed by atoms with Gasteiger partial charge in [-0.05, 0) is 30.9 Å². The minimum Gasteiger partial charge on any atom is -0.404 e. The van der Waals surface area contributed by atoms with Crippen molar-refractivity contribution in [3.63, 3.8) is 0 Å². The average Bonchev–Trinajstić information content (AvgIpc) is 3.00. The number of nitrogens with zero attached hydrogens (tertiary/aromatic N) is 2. The Morgan fingerprint density at radius 1 is 1.37 bits per heavy atom. The molecule has 5 N–H and O–H groups in total. The summed E-state index contributed by atoms with van der Waals surface area (Å²) in [5.74, 6) is 0.222. The fraction of sp³-hybridized carbons (Fsp3) is 0.250. The second-order valence-corrected chi connectivity index (χ2v) is 7.85. The molecule has 1 amide bonds. The molecule has 1 aliphatic rings. The number of aryl methyl sites for hydroxylation is 1. The zero-order valence-electron chi connectivity index (χ0n) is 15.2. The Kier molecular flexibility index (Phi) is 5.41. The summed E-state index contributed by atoms with van der Waals surface area (Å²) >= 11 is 1.48. The molecule has 1 aromatic carbocycles. The van der Waals surface area contributed by atoms with Gasteiger partial charge in [0.15, 0.2) is 5.13 Å². The van der Waals surface area contributed by atoms with E-state index in [1.807, 2.05) is 31.2 Å². The molecule has 1 fully saturated rings. The van der Waals surface area contributed by atoms with Crippen molar-refractivity contribution in [2.45, 2.75) is 31.6 Å². The fourth-order valence-corrected chi connectivity index (χ4v) is 3.81. The Bertz CT molecular complexity index is 907. The number of hydrogen-bond acceptors (Lipinski definition) is 6. The van der Waals surface area contributed by atoms with Crippen LogP contribution < -0.4 is 16.8 Å². The van der Waals surface area contributed by atoms with E-state index >= 15 is 0 Å². The lowest BCUT2D eigenvalue weighted by molar-refractivity contribution is -0.124. The predicted molar refractivity (Wildman–Crippen MR) is 111 cm³/mol. The number of carbonyl (C=O) groups is 1. The Balaban J connectivity index is 1.81. The summed E-state index contributed by atoms with van der Waals surface area (Å²) in [6, 6.07) is 7.85. The molecule has 3 rings (SSSR count). The number of amides is 1. The molecule has 140 valence electrons. The number of allylic oxidation sites excluding steroid dienone is 1. The van der Waals surface area contributed by atoms with Crippen LogP contribution in [0.5, 0.6) is 0 Å². The lowest BCUT2D eigenvalue weighted by Gasteiger charge is -2.40. The zero-order chi connectivity index (χ0) is 19.4. The van der Waals surface area contributed by atoms with Gasteiger partial charge in [0.1, 0.15) is 5.82 Å². The number of thiazole rings is 1. The molecular weight excluding hydrogens is 358 g/mol. The Morgan fingerprint density at radius 2 is 2.07 bits per heavy atom. The van der Waals surface area contributed by atoms with E-state index in [0.717, 1.165) is 40.8 Å². The maximum absolute atomic E-state index is 13.0. The van der Waals surface area contributed by atoms with Gasteiger partial charge in [-0.15, -0.1) is 11.3 Å². The van der Waals surface area contributed by atoms with Crippen molar-refractivity contribution < 1.29 is 4.79 Å². The lowest BCUT2D eigenvalue weighted by Crippen LogP contribution is -2.46. The van der Waals surface area contributed by atoms with Gasteiger partial charge in [0.2, 0.25) is 5.91 Å². The van der Waals surface area contributed by atoms with Crippen LogP contribution in [0.3, 0.4) is 0 Å². The topological polar surface area (TPSA) is 106 Å². The highest BCUT2D eigenvalue weighted by molar-refractivity contribution is 7.15. The van der Waals surface area contributed by atoms with Crippen LogP contribution in [0.15, 0.2) is 54.1 Å². The summed E-state index contributed by atoms with van der Waals surface area (Å²) in [6.07, 6.45) is 7.51. The van der Waals surface area contributed by atoms with Crippen LogP contribution in [0.4, 0.5) is 5.13 Å². The molecular formula is C20H23N5OS. The summed E-state index contributed by atoms with van der Waals surface area (Å²) in [6.45, 7) is 5.51. The fourth-order valence-electron chi connectivity index (χ4n) is 3.15. The molecule has 0 radical (unpaired) electrons. The number of aliphatic imine (C=N–C) groups is 1. The maximum atomic E-state index is 13.0. The molecule has 1 aromatic heterocycles. The average molecular weight is 382 g/mol. The van der Waals surface area contributed by atoms with Crippen molar-refractivity contribution in [2.75, 3.05) is 5.32 Å². The monoisotopic (exact) mass is 381 g/mol. The normalized spacial score (nSPS) is 16.1. The lowest BCUT2D eigenvalue weighted by atomic mass is 9.63. The van der Waals surface area contributed by atoms with Crippen LogP contribution in [-0.2, 0) is 10.2 Å². The molecule has 27 heavy (non-hydrogen) atoms. The van der Waals surface area contributed by atoms with Crippen molar-refractivity contribution in [3.05, 3.63) is 65.1 Å². The molecule has 0 saturated heterocycles. The molecule has 1 heterocycles. The number of hydrogen-bond donors (Lipinski definition) is 3. The summed E-state index contributed by atoms with van der Waals surface area (Å²) in [5, 5.41) is 3.62. The molecule has 1 saturated carbocycles. The van der Waals surface area contributed by atoms with Gasteiger partial charge >= 0.3 is 0 Å². The van der Waals surface area contributed by atoms with Crippen LogP contribution in [-0.4, -0.2) is 17.1 Å². The van der Waals surface area contributed by atoms with E-state index in [4.69, 9.17) is 11.5 Å². The standard InChI is InChI=1S/C20H23N5OS/c1-13-11-24-19(27-13)25-18(26)20(8-3-9-20)17-6-4-15(5-7-17)16(10-21)12-23-14(2)22/h4-7,10-12H,2-3,8-9,21-22H2,1H3,(H,24,25,26)/b16-10+,23-12?. The first-order valence-corrected chi connectivity index (χ1v) is 9.51. The zero-order valence-corrected chi connectivity index (χ0v) is 16.1. The minimum atomic E-state index is -0.496. The highest BCUT2D eigenvalue weighted by atomic mass is 32.1. The van der Waals surface area contributed by atoms with Crippen molar-refractivity contribution in [1.82, 2.24) is 4.98 Å². The van der Waals surface area contributed by atoms with E-state index in [2.05, 4.69) is 21.9 Å². The van der Waals surface area contributed by atoms with Gasteiger partial charge in [-0.3, -0.25) is 4.79 Å². The van der Waals surface area contributed by atoms with Crippen molar-refractivity contribution >= 4 is 34.2 Å². The third-order valence-corrected chi connectivity index (χ3v) is 5.63. The van der Waals surface area contributed by atoms with E-state index in [1.165, 1.54) is 17.5 Å². The summed E-state index contributed by atoms with van der Waals surface area (Å²) in [7, 11) is 0. The van der Waals surface area contributed by atoms with Gasteiger partial charge in [0, 0.05) is 29.1 Å². The summed E-state index contributed by atoms with van der Waals surface area (Å²) < 4.78 is 0. The van der Waals surface area contributed by atoms with Crippen molar-refractivity contribution in [1.29, 1.82) is 0 Å².